The Labute approximate surface area is 181 Å². The zero-order valence-corrected chi connectivity index (χ0v) is 18.6. The molecule has 162 valence electrons. The average molecular weight is 421 g/mol. The smallest absolute Gasteiger partial charge is 0.234 e. The number of nitrogens with one attached hydrogen (secondary N) is 1. The van der Waals surface area contributed by atoms with Crippen LogP contribution in [0.25, 0.3) is 11.3 Å². The molecule has 0 aliphatic carbocycles. The molecular formula is C23H28N6O2. The molecule has 4 rings (SSSR count). The lowest BCUT2D eigenvalue weighted by Crippen LogP contribution is -2.21. The molecule has 0 aromatic carbocycles. The van der Waals surface area contributed by atoms with Crippen molar-refractivity contribution in [3.63, 3.8) is 0 Å². The second kappa shape index (κ2) is 8.09. The molecule has 0 radical (unpaired) electrons. The van der Waals surface area contributed by atoms with Crippen LogP contribution in [0.5, 0.6) is 0 Å². The second-order valence-electron chi connectivity index (χ2n) is 9.01. The quantitative estimate of drug-likeness (QED) is 0.610. The standard InChI is InChI=1S/C23H28N6O2/c1-6-7-16(22(30)27-20-9-19(28-31-20)23(2,3)4)14-8-17(18-12-24-18)21(25-10-14)15-11-26-29(5)13-15/h8-13,16,18H,6-7H2,1-5H3,(H,27,30). The van der Waals surface area contributed by atoms with Gasteiger partial charge in [0.1, 0.15) is 6.04 Å². The van der Waals surface area contributed by atoms with E-state index in [4.69, 9.17) is 9.51 Å². The molecule has 1 amide bonds. The zero-order chi connectivity index (χ0) is 22.2. The predicted octanol–water partition coefficient (Wildman–Crippen LogP) is 4.42. The Morgan fingerprint density at radius 1 is 1.29 bits per heavy atom. The van der Waals surface area contributed by atoms with Crippen molar-refractivity contribution in [2.24, 2.45) is 12.0 Å². The van der Waals surface area contributed by atoms with Crippen LogP contribution < -0.4 is 5.32 Å². The molecule has 4 heterocycles. The van der Waals surface area contributed by atoms with Gasteiger partial charge in [-0.3, -0.25) is 24.8 Å². The number of hydrogen-bond acceptors (Lipinski definition) is 6. The highest BCUT2D eigenvalue weighted by Gasteiger charge is 2.28. The molecule has 1 aliphatic rings. The van der Waals surface area contributed by atoms with E-state index in [9.17, 15) is 4.79 Å². The second-order valence-corrected chi connectivity index (χ2v) is 9.01. The zero-order valence-electron chi connectivity index (χ0n) is 18.6. The van der Waals surface area contributed by atoms with Crippen molar-refractivity contribution in [2.45, 2.75) is 57.9 Å². The van der Waals surface area contributed by atoms with Gasteiger partial charge < -0.3 is 4.52 Å². The van der Waals surface area contributed by atoms with Gasteiger partial charge in [-0.2, -0.15) is 5.10 Å². The fourth-order valence-corrected chi connectivity index (χ4v) is 3.54. The number of aliphatic imine (C=N–C) groups is 1. The van der Waals surface area contributed by atoms with Crippen molar-refractivity contribution in [3.8, 4) is 11.3 Å². The van der Waals surface area contributed by atoms with Crippen LogP contribution in [0.15, 0.2) is 40.2 Å². The number of pyridine rings is 1. The molecular weight excluding hydrogens is 392 g/mol. The van der Waals surface area contributed by atoms with Gasteiger partial charge >= 0.3 is 0 Å². The third-order valence-electron chi connectivity index (χ3n) is 5.35. The lowest BCUT2D eigenvalue weighted by atomic mass is 9.91. The van der Waals surface area contributed by atoms with E-state index in [1.54, 1.807) is 23.1 Å². The van der Waals surface area contributed by atoms with Gasteiger partial charge in [-0.05, 0) is 18.1 Å². The maximum Gasteiger partial charge on any atom is 0.234 e. The summed E-state index contributed by atoms with van der Waals surface area (Å²) in [6.45, 7) is 8.21. The first-order valence-corrected chi connectivity index (χ1v) is 10.6. The highest BCUT2D eigenvalue weighted by atomic mass is 16.5. The van der Waals surface area contributed by atoms with Crippen molar-refractivity contribution in [3.05, 3.63) is 47.5 Å². The van der Waals surface area contributed by atoms with Gasteiger partial charge in [0.15, 0.2) is 0 Å². The predicted molar refractivity (Wildman–Crippen MR) is 119 cm³/mol. The van der Waals surface area contributed by atoms with Gasteiger partial charge in [-0.1, -0.05) is 39.3 Å². The minimum Gasteiger partial charge on any atom is -0.338 e. The number of nitrogens with zero attached hydrogens (tertiary/aromatic N) is 5. The summed E-state index contributed by atoms with van der Waals surface area (Å²) in [7, 11) is 1.88. The van der Waals surface area contributed by atoms with E-state index < -0.39 is 0 Å². The Morgan fingerprint density at radius 2 is 2.06 bits per heavy atom. The molecule has 8 heteroatoms. The van der Waals surface area contributed by atoms with E-state index in [0.29, 0.717) is 12.3 Å². The van der Waals surface area contributed by atoms with Gasteiger partial charge in [0.05, 0.1) is 23.5 Å². The monoisotopic (exact) mass is 420 g/mol. The lowest BCUT2D eigenvalue weighted by molar-refractivity contribution is -0.117. The summed E-state index contributed by atoms with van der Waals surface area (Å²) >= 11 is 0. The van der Waals surface area contributed by atoms with Crippen LogP contribution in [0.4, 0.5) is 5.88 Å². The van der Waals surface area contributed by atoms with E-state index in [2.05, 4.69) is 27.5 Å². The molecule has 3 aromatic heterocycles. The van der Waals surface area contributed by atoms with E-state index in [1.807, 2.05) is 46.3 Å². The number of carbonyl (C=O) groups is 1. The molecule has 2 unspecified atom stereocenters. The van der Waals surface area contributed by atoms with Crippen molar-refractivity contribution >= 4 is 18.0 Å². The molecule has 0 spiro atoms. The Kier molecular flexibility index (Phi) is 5.47. The third kappa shape index (κ3) is 4.57. The maximum absolute atomic E-state index is 13.1. The SMILES string of the molecule is CCCC(C(=O)Nc1cc(C(C)(C)C)no1)c1cnc(-c2cnn(C)c2)c(C2C=N2)c1. The summed E-state index contributed by atoms with van der Waals surface area (Å²) in [5, 5.41) is 11.2. The highest BCUT2D eigenvalue weighted by molar-refractivity contribution is 5.95. The number of anilines is 1. The summed E-state index contributed by atoms with van der Waals surface area (Å²) in [5.74, 6) is -0.111. The minimum absolute atomic E-state index is 0.0108. The summed E-state index contributed by atoms with van der Waals surface area (Å²) in [6.07, 6.45) is 8.96. The van der Waals surface area contributed by atoms with Crippen LogP contribution in [0, 0.1) is 0 Å². The van der Waals surface area contributed by atoms with E-state index in [0.717, 1.165) is 34.5 Å². The van der Waals surface area contributed by atoms with Crippen molar-refractivity contribution in [1.29, 1.82) is 0 Å². The van der Waals surface area contributed by atoms with Crippen molar-refractivity contribution < 1.29 is 9.32 Å². The van der Waals surface area contributed by atoms with Crippen LogP contribution in [0.1, 0.15) is 69.3 Å². The maximum atomic E-state index is 13.1. The summed E-state index contributed by atoms with van der Waals surface area (Å²) in [5.41, 5.74) is 4.29. The van der Waals surface area contributed by atoms with Crippen molar-refractivity contribution in [1.82, 2.24) is 19.9 Å². The molecule has 31 heavy (non-hydrogen) atoms. The number of amides is 1. The number of aryl methyl sites for hydroxylation is 1. The van der Waals surface area contributed by atoms with Crippen LogP contribution >= 0.6 is 0 Å². The van der Waals surface area contributed by atoms with E-state index in [-0.39, 0.29) is 23.3 Å². The van der Waals surface area contributed by atoms with E-state index in [1.165, 1.54) is 0 Å². The third-order valence-corrected chi connectivity index (χ3v) is 5.35. The van der Waals surface area contributed by atoms with Gasteiger partial charge in [0, 0.05) is 48.3 Å². The van der Waals surface area contributed by atoms with Gasteiger partial charge in [0.25, 0.3) is 0 Å². The van der Waals surface area contributed by atoms with Gasteiger partial charge in [-0.25, -0.2) is 0 Å². The number of aromatic nitrogens is 4. The Morgan fingerprint density at radius 3 is 2.65 bits per heavy atom. The molecule has 3 aromatic rings. The molecule has 0 saturated heterocycles. The first-order chi connectivity index (χ1) is 14.8. The molecule has 1 aliphatic heterocycles. The number of rotatable bonds is 7. The van der Waals surface area contributed by atoms with Crippen LogP contribution in [-0.4, -0.2) is 32.0 Å². The number of hydrogen-bond donors (Lipinski definition) is 1. The molecule has 0 fully saturated rings. The topological polar surface area (TPSA) is 98.2 Å². The fraction of sp³-hybridized carbons (Fsp3) is 0.435. The molecule has 1 N–H and O–H groups in total. The average Bonchev–Trinajstić information content (AvgIpc) is 3.30. The molecule has 0 saturated carbocycles. The first-order valence-electron chi connectivity index (χ1n) is 10.6. The molecule has 0 bridgehead atoms. The Bertz CT molecular complexity index is 1120. The summed E-state index contributed by atoms with van der Waals surface area (Å²) in [6, 6.07) is 3.85. The Balaban J connectivity index is 1.61. The summed E-state index contributed by atoms with van der Waals surface area (Å²) < 4.78 is 7.10. The lowest BCUT2D eigenvalue weighted by Gasteiger charge is -2.17. The normalized spacial score (nSPS) is 16.4. The fourth-order valence-electron chi connectivity index (χ4n) is 3.54. The number of carbonyl (C=O) groups excluding carboxylic acids is 1. The van der Waals surface area contributed by atoms with Gasteiger partial charge in [0.2, 0.25) is 11.8 Å². The minimum atomic E-state index is -0.346. The molecule has 8 nitrogen and oxygen atoms in total. The van der Waals surface area contributed by atoms with Crippen LogP contribution in [-0.2, 0) is 17.3 Å². The van der Waals surface area contributed by atoms with Crippen molar-refractivity contribution in [2.75, 3.05) is 5.32 Å². The van der Waals surface area contributed by atoms with Crippen LogP contribution in [0.3, 0.4) is 0 Å². The Hall–Kier alpha value is -3.29. The highest BCUT2D eigenvalue weighted by Crippen LogP contribution is 2.35. The largest absolute Gasteiger partial charge is 0.338 e. The summed E-state index contributed by atoms with van der Waals surface area (Å²) in [4.78, 5) is 22.2. The van der Waals surface area contributed by atoms with Gasteiger partial charge in [-0.15, -0.1) is 0 Å². The van der Waals surface area contributed by atoms with E-state index >= 15 is 0 Å². The first kappa shape index (κ1) is 21.0. The van der Waals surface area contributed by atoms with Crippen LogP contribution in [0.2, 0.25) is 0 Å². The molecule has 2 atom stereocenters.